The van der Waals surface area contributed by atoms with Gasteiger partial charge in [-0.2, -0.15) is 5.10 Å². The van der Waals surface area contributed by atoms with Crippen molar-refractivity contribution in [2.75, 3.05) is 0 Å². The zero-order chi connectivity index (χ0) is 19.3. The van der Waals surface area contributed by atoms with Crippen LogP contribution in [0.2, 0.25) is 10.0 Å². The molecule has 0 saturated heterocycles. The second-order valence-corrected chi connectivity index (χ2v) is 7.73. The van der Waals surface area contributed by atoms with E-state index >= 15 is 0 Å². The molecule has 2 heterocycles. The number of benzene rings is 3. The summed E-state index contributed by atoms with van der Waals surface area (Å²) < 4.78 is 19.6. The van der Waals surface area contributed by atoms with Gasteiger partial charge in [-0.3, -0.25) is 0 Å². The average Bonchev–Trinajstić information content (AvgIpc) is 3.14. The van der Waals surface area contributed by atoms with Gasteiger partial charge in [-0.15, -0.1) is 0 Å². The van der Waals surface area contributed by atoms with Gasteiger partial charge in [-0.05, 0) is 48.0 Å². The first-order chi connectivity index (χ1) is 13.6. The van der Waals surface area contributed by atoms with Gasteiger partial charge >= 0.3 is 0 Å². The highest BCUT2D eigenvalue weighted by Crippen LogP contribution is 2.48. The van der Waals surface area contributed by atoms with Crippen molar-refractivity contribution < 1.29 is 9.13 Å². The summed E-state index contributed by atoms with van der Waals surface area (Å²) >= 11 is 12.3. The maximum atomic E-state index is 13.3. The van der Waals surface area contributed by atoms with Gasteiger partial charge in [0.2, 0.25) is 6.23 Å². The average molecular weight is 413 g/mol. The van der Waals surface area contributed by atoms with E-state index in [-0.39, 0.29) is 18.1 Å². The van der Waals surface area contributed by atoms with Crippen molar-refractivity contribution in [3.05, 3.63) is 99.3 Å². The number of hydrogen-bond acceptors (Lipinski definition) is 3. The van der Waals surface area contributed by atoms with Crippen LogP contribution in [0.15, 0.2) is 71.8 Å². The predicted octanol–water partition coefficient (Wildman–Crippen LogP) is 6.37. The molecule has 0 spiro atoms. The molecule has 0 radical (unpaired) electrons. The molecule has 3 nitrogen and oxygen atoms in total. The molecule has 0 N–H and O–H groups in total. The molecule has 5 rings (SSSR count). The summed E-state index contributed by atoms with van der Waals surface area (Å²) in [5, 5.41) is 8.13. The Labute approximate surface area is 172 Å². The maximum Gasteiger partial charge on any atom is 0.213 e. The Hall–Kier alpha value is -2.56. The quantitative estimate of drug-likeness (QED) is 0.487. The zero-order valence-electron chi connectivity index (χ0n) is 14.6. The molecule has 0 bridgehead atoms. The lowest BCUT2D eigenvalue weighted by Gasteiger charge is -2.38. The van der Waals surface area contributed by atoms with Crippen molar-refractivity contribution >= 4 is 28.9 Å². The van der Waals surface area contributed by atoms with Crippen LogP contribution in [0, 0.1) is 5.82 Å². The molecule has 0 fully saturated rings. The van der Waals surface area contributed by atoms with Crippen LogP contribution in [0.5, 0.6) is 5.75 Å². The smallest absolute Gasteiger partial charge is 0.213 e. The summed E-state index contributed by atoms with van der Waals surface area (Å²) in [7, 11) is 0. The Morgan fingerprint density at radius 1 is 0.929 bits per heavy atom. The second kappa shape index (κ2) is 6.80. The van der Waals surface area contributed by atoms with Gasteiger partial charge < -0.3 is 4.74 Å². The molecule has 0 aliphatic carbocycles. The molecular formula is C22H15Cl2FN2O. The van der Waals surface area contributed by atoms with Crippen molar-refractivity contribution in [3.63, 3.8) is 0 Å². The lowest BCUT2D eigenvalue weighted by molar-refractivity contribution is -0.0190. The Bertz CT molecular complexity index is 1070. The van der Waals surface area contributed by atoms with E-state index < -0.39 is 0 Å². The largest absolute Gasteiger partial charge is 0.464 e. The minimum atomic E-state index is -0.381. The van der Waals surface area contributed by atoms with E-state index in [0.717, 1.165) is 28.2 Å². The van der Waals surface area contributed by atoms with Crippen molar-refractivity contribution in [2.24, 2.45) is 5.10 Å². The molecule has 6 heteroatoms. The van der Waals surface area contributed by atoms with Gasteiger partial charge in [0.15, 0.2) is 0 Å². The Morgan fingerprint density at radius 3 is 2.39 bits per heavy atom. The van der Waals surface area contributed by atoms with Gasteiger partial charge in [0.25, 0.3) is 0 Å². The lowest BCUT2D eigenvalue weighted by Crippen LogP contribution is -2.33. The van der Waals surface area contributed by atoms with Gasteiger partial charge in [0, 0.05) is 27.6 Å². The van der Waals surface area contributed by atoms with E-state index in [9.17, 15) is 4.39 Å². The predicted molar refractivity (Wildman–Crippen MR) is 108 cm³/mol. The summed E-state index contributed by atoms with van der Waals surface area (Å²) in [4.78, 5) is 0. The van der Waals surface area contributed by atoms with Crippen molar-refractivity contribution in [3.8, 4) is 5.75 Å². The molecule has 3 aromatic rings. The molecule has 0 amide bonds. The molecule has 2 aliphatic rings. The highest BCUT2D eigenvalue weighted by Gasteiger charge is 2.41. The first kappa shape index (κ1) is 17.5. The third-order valence-corrected chi connectivity index (χ3v) is 5.57. The number of ether oxygens (including phenoxy) is 1. The van der Waals surface area contributed by atoms with Gasteiger partial charge in [-0.25, -0.2) is 9.40 Å². The highest BCUT2D eigenvalue weighted by molar-refractivity contribution is 6.30. The molecule has 140 valence electrons. The molecule has 3 aromatic carbocycles. The van der Waals surface area contributed by atoms with E-state index in [4.69, 9.17) is 33.0 Å². The standard InChI is InChI=1S/C22H15Cl2FN2O/c23-15-5-1-14(2-6-15)22-27-20(18-11-16(24)7-10-21(18)28-22)12-19(26-27)13-3-8-17(25)9-4-13/h1-11,20,22H,12H2/t20-,22-/m0/s1. The molecule has 0 saturated carbocycles. The van der Waals surface area contributed by atoms with E-state index in [1.807, 2.05) is 47.5 Å². The Kier molecular flexibility index (Phi) is 4.26. The number of halogens is 3. The number of rotatable bonds is 2. The van der Waals surface area contributed by atoms with Crippen LogP contribution in [0.25, 0.3) is 0 Å². The summed E-state index contributed by atoms with van der Waals surface area (Å²) in [6, 6.07) is 19.6. The zero-order valence-corrected chi connectivity index (χ0v) is 16.2. The van der Waals surface area contributed by atoms with Gasteiger partial charge in [0.1, 0.15) is 11.6 Å². The summed E-state index contributed by atoms with van der Waals surface area (Å²) in [6.07, 6.45) is 0.306. The molecule has 2 atom stereocenters. The first-order valence-electron chi connectivity index (χ1n) is 8.92. The van der Waals surface area contributed by atoms with E-state index in [1.165, 1.54) is 12.1 Å². The number of nitrogens with zero attached hydrogens (tertiary/aromatic N) is 2. The number of hydrazone groups is 1. The van der Waals surface area contributed by atoms with Crippen LogP contribution < -0.4 is 4.74 Å². The maximum absolute atomic E-state index is 13.3. The molecular weight excluding hydrogens is 398 g/mol. The number of hydrogen-bond donors (Lipinski definition) is 0. The molecule has 2 aliphatic heterocycles. The van der Waals surface area contributed by atoms with Crippen molar-refractivity contribution in [1.29, 1.82) is 0 Å². The van der Waals surface area contributed by atoms with Crippen LogP contribution in [0.1, 0.15) is 35.4 Å². The fourth-order valence-corrected chi connectivity index (χ4v) is 4.03. The van der Waals surface area contributed by atoms with Crippen LogP contribution in [0.3, 0.4) is 0 Å². The fourth-order valence-electron chi connectivity index (χ4n) is 3.72. The first-order valence-corrected chi connectivity index (χ1v) is 9.67. The van der Waals surface area contributed by atoms with E-state index in [2.05, 4.69) is 0 Å². The topological polar surface area (TPSA) is 24.8 Å². The van der Waals surface area contributed by atoms with Gasteiger partial charge in [-0.1, -0.05) is 47.5 Å². The minimum absolute atomic E-state index is 0.0109. The van der Waals surface area contributed by atoms with Crippen molar-refractivity contribution in [2.45, 2.75) is 18.7 Å². The van der Waals surface area contributed by atoms with E-state index in [0.29, 0.717) is 16.5 Å². The summed E-state index contributed by atoms with van der Waals surface area (Å²) in [5.41, 5.74) is 3.74. The summed E-state index contributed by atoms with van der Waals surface area (Å²) in [6.45, 7) is 0. The second-order valence-electron chi connectivity index (χ2n) is 6.86. The lowest BCUT2D eigenvalue weighted by atomic mass is 9.96. The SMILES string of the molecule is Fc1ccc(C2=NN3[C@@H](C2)c2cc(Cl)ccc2O[C@H]3c2ccc(Cl)cc2)cc1. The number of fused-ring (bicyclic) bond motifs is 3. The van der Waals surface area contributed by atoms with Gasteiger partial charge in [0.05, 0.1) is 11.8 Å². The highest BCUT2D eigenvalue weighted by atomic mass is 35.5. The minimum Gasteiger partial charge on any atom is -0.464 e. The van der Waals surface area contributed by atoms with Crippen LogP contribution in [0.4, 0.5) is 4.39 Å². The van der Waals surface area contributed by atoms with Crippen molar-refractivity contribution in [1.82, 2.24) is 5.01 Å². The van der Waals surface area contributed by atoms with Crippen LogP contribution >= 0.6 is 23.2 Å². The molecule has 28 heavy (non-hydrogen) atoms. The Balaban J connectivity index is 1.59. The third-order valence-electron chi connectivity index (χ3n) is 5.08. The molecule has 0 unspecified atom stereocenters. The Morgan fingerprint density at radius 2 is 1.64 bits per heavy atom. The van der Waals surface area contributed by atoms with Crippen LogP contribution in [-0.2, 0) is 0 Å². The normalized spacial score (nSPS) is 20.2. The third kappa shape index (κ3) is 3.03. The molecule has 0 aromatic heterocycles. The fraction of sp³-hybridized carbons (Fsp3) is 0.136. The monoisotopic (exact) mass is 412 g/mol. The van der Waals surface area contributed by atoms with E-state index in [1.54, 1.807) is 12.1 Å². The summed E-state index contributed by atoms with van der Waals surface area (Å²) in [5.74, 6) is 0.528. The van der Waals surface area contributed by atoms with Crippen LogP contribution in [-0.4, -0.2) is 10.7 Å².